The van der Waals surface area contributed by atoms with Crippen molar-refractivity contribution < 1.29 is 21.6 Å². The number of sulfonamides is 2. The maximum Gasteiger partial charge on any atom is 0.264 e. The lowest BCUT2D eigenvalue weighted by molar-refractivity contribution is -0.114. The molecule has 4 aromatic rings. The summed E-state index contributed by atoms with van der Waals surface area (Å²) in [6.07, 6.45) is 2.91. The first-order chi connectivity index (χ1) is 17.6. The first kappa shape index (κ1) is 26.6. The van der Waals surface area contributed by atoms with Crippen molar-refractivity contribution in [3.05, 3.63) is 107 Å². The summed E-state index contributed by atoms with van der Waals surface area (Å²) >= 11 is 2.11. The molecule has 12 heteroatoms. The van der Waals surface area contributed by atoms with E-state index in [0.717, 1.165) is 7.88 Å². The van der Waals surface area contributed by atoms with Crippen molar-refractivity contribution in [2.45, 2.75) is 9.79 Å². The highest BCUT2D eigenvalue weighted by Gasteiger charge is 2.27. The molecule has 0 spiro atoms. The lowest BCUT2D eigenvalue weighted by Gasteiger charge is -2.24. The molecule has 0 bridgehead atoms. The number of pyridine rings is 1. The van der Waals surface area contributed by atoms with Crippen LogP contribution in [0.25, 0.3) is 0 Å². The standard InChI is InChI=1S/C25H21IN4O5S2/c26-19-8-12-22(13-9-19)30(37(34,35)24-6-2-1-3-7-24)18-25(31)28-20-10-14-23(15-11-20)36(32,33)29-21-5-4-16-27-17-21/h1-17,29H,18H2,(H,28,31). The zero-order valence-corrected chi connectivity index (χ0v) is 22.9. The maximum absolute atomic E-state index is 13.4. The van der Waals surface area contributed by atoms with Crippen LogP contribution in [0.4, 0.5) is 17.1 Å². The lowest BCUT2D eigenvalue weighted by atomic mass is 10.3. The third kappa shape index (κ3) is 6.64. The van der Waals surface area contributed by atoms with Gasteiger partial charge in [0.25, 0.3) is 20.0 Å². The summed E-state index contributed by atoms with van der Waals surface area (Å²) < 4.78 is 56.3. The van der Waals surface area contributed by atoms with Gasteiger partial charge in [0.1, 0.15) is 6.54 Å². The van der Waals surface area contributed by atoms with E-state index in [-0.39, 0.29) is 9.79 Å². The second-order valence-electron chi connectivity index (χ2n) is 7.72. The Morgan fingerprint density at radius 3 is 2.08 bits per heavy atom. The van der Waals surface area contributed by atoms with Crippen molar-refractivity contribution in [1.82, 2.24) is 4.98 Å². The molecule has 0 aliphatic carbocycles. The van der Waals surface area contributed by atoms with Crippen LogP contribution >= 0.6 is 22.6 Å². The smallest absolute Gasteiger partial charge is 0.264 e. The summed E-state index contributed by atoms with van der Waals surface area (Å²) in [5.41, 5.74) is 0.961. The van der Waals surface area contributed by atoms with Crippen LogP contribution in [0.3, 0.4) is 0 Å². The molecule has 0 unspecified atom stereocenters. The molecule has 4 rings (SSSR count). The van der Waals surface area contributed by atoms with Gasteiger partial charge in [-0.15, -0.1) is 0 Å². The zero-order valence-electron chi connectivity index (χ0n) is 19.2. The van der Waals surface area contributed by atoms with Gasteiger partial charge in [0.15, 0.2) is 0 Å². The van der Waals surface area contributed by atoms with Crippen molar-refractivity contribution in [3.8, 4) is 0 Å². The minimum Gasteiger partial charge on any atom is -0.325 e. The van der Waals surface area contributed by atoms with E-state index in [0.29, 0.717) is 17.1 Å². The van der Waals surface area contributed by atoms with Crippen molar-refractivity contribution in [1.29, 1.82) is 0 Å². The van der Waals surface area contributed by atoms with Crippen LogP contribution in [-0.4, -0.2) is 34.3 Å². The fourth-order valence-corrected chi connectivity index (χ4v) is 6.17. The summed E-state index contributed by atoms with van der Waals surface area (Å²) in [7, 11) is -7.89. The zero-order chi connectivity index (χ0) is 26.5. The number of amides is 1. The number of hydrogen-bond acceptors (Lipinski definition) is 6. The van der Waals surface area contributed by atoms with Crippen LogP contribution in [-0.2, 0) is 24.8 Å². The average molecular weight is 649 g/mol. The second-order valence-corrected chi connectivity index (χ2v) is 12.5. The van der Waals surface area contributed by atoms with E-state index in [4.69, 9.17) is 0 Å². The first-order valence-corrected chi connectivity index (χ1v) is 14.8. The van der Waals surface area contributed by atoms with Gasteiger partial charge in [0, 0.05) is 15.5 Å². The number of rotatable bonds is 9. The topological polar surface area (TPSA) is 126 Å². The number of benzene rings is 3. The summed E-state index contributed by atoms with van der Waals surface area (Å²) in [4.78, 5) is 16.8. The number of carbonyl (C=O) groups is 1. The molecule has 0 aliphatic rings. The number of nitrogens with one attached hydrogen (secondary N) is 2. The van der Waals surface area contributed by atoms with Gasteiger partial charge in [-0.25, -0.2) is 16.8 Å². The Kier molecular flexibility index (Phi) is 8.10. The van der Waals surface area contributed by atoms with Gasteiger partial charge >= 0.3 is 0 Å². The summed E-state index contributed by atoms with van der Waals surface area (Å²) in [5, 5.41) is 2.63. The van der Waals surface area contributed by atoms with Crippen LogP contribution in [0.2, 0.25) is 0 Å². The summed E-state index contributed by atoms with van der Waals surface area (Å²) in [5.74, 6) is -0.595. The van der Waals surface area contributed by atoms with E-state index in [1.165, 1.54) is 48.8 Å². The van der Waals surface area contributed by atoms with E-state index in [2.05, 4.69) is 37.6 Å². The Balaban J connectivity index is 1.52. The van der Waals surface area contributed by atoms with Crippen molar-refractivity contribution in [2.24, 2.45) is 0 Å². The quantitative estimate of drug-likeness (QED) is 0.261. The monoisotopic (exact) mass is 648 g/mol. The molecule has 1 aromatic heterocycles. The molecule has 0 atom stereocenters. The number of aromatic nitrogens is 1. The van der Waals surface area contributed by atoms with E-state index < -0.39 is 32.5 Å². The summed E-state index contributed by atoms with van der Waals surface area (Å²) in [6, 6.07) is 23.3. The van der Waals surface area contributed by atoms with Gasteiger partial charge in [0.05, 0.1) is 27.4 Å². The van der Waals surface area contributed by atoms with Crippen LogP contribution in [0, 0.1) is 3.57 Å². The predicted octanol–water partition coefficient (Wildman–Crippen LogP) is 4.32. The molecule has 37 heavy (non-hydrogen) atoms. The Bertz CT molecular complexity index is 1580. The van der Waals surface area contributed by atoms with E-state index in [1.54, 1.807) is 54.6 Å². The fraction of sp³-hybridized carbons (Fsp3) is 0.0400. The SMILES string of the molecule is O=C(CN(c1ccc(I)cc1)S(=O)(=O)c1ccccc1)Nc1ccc(S(=O)(=O)Nc2cccnc2)cc1. The number of halogens is 1. The van der Waals surface area contributed by atoms with E-state index in [9.17, 15) is 21.6 Å². The van der Waals surface area contributed by atoms with E-state index >= 15 is 0 Å². The fourth-order valence-electron chi connectivity index (χ4n) is 3.33. The number of carbonyl (C=O) groups excluding carboxylic acids is 1. The minimum absolute atomic E-state index is 0.0125. The highest BCUT2D eigenvalue weighted by Crippen LogP contribution is 2.25. The average Bonchev–Trinajstić information content (AvgIpc) is 2.89. The predicted molar refractivity (Wildman–Crippen MR) is 150 cm³/mol. The molecule has 9 nitrogen and oxygen atoms in total. The Morgan fingerprint density at radius 1 is 0.784 bits per heavy atom. The maximum atomic E-state index is 13.4. The molecule has 0 aliphatic heterocycles. The van der Waals surface area contributed by atoms with Crippen LogP contribution < -0.4 is 14.3 Å². The molecule has 3 aromatic carbocycles. The number of nitrogens with zero attached hydrogens (tertiary/aromatic N) is 2. The van der Waals surface area contributed by atoms with Crippen molar-refractivity contribution >= 4 is 65.6 Å². The Morgan fingerprint density at radius 2 is 1.46 bits per heavy atom. The van der Waals surface area contributed by atoms with Crippen LogP contribution in [0.5, 0.6) is 0 Å². The van der Waals surface area contributed by atoms with Gasteiger partial charge in [0.2, 0.25) is 5.91 Å². The number of anilines is 3. The molecular weight excluding hydrogens is 627 g/mol. The molecule has 0 saturated heterocycles. The largest absolute Gasteiger partial charge is 0.325 e. The molecule has 2 N–H and O–H groups in total. The van der Waals surface area contributed by atoms with Gasteiger partial charge in [-0.3, -0.25) is 18.8 Å². The molecule has 190 valence electrons. The van der Waals surface area contributed by atoms with Gasteiger partial charge in [-0.2, -0.15) is 0 Å². The first-order valence-electron chi connectivity index (χ1n) is 10.8. The molecule has 0 radical (unpaired) electrons. The van der Waals surface area contributed by atoms with Crippen LogP contribution in [0.1, 0.15) is 0 Å². The van der Waals surface area contributed by atoms with E-state index in [1.807, 2.05) is 0 Å². The van der Waals surface area contributed by atoms with Gasteiger partial charge < -0.3 is 5.32 Å². The molecule has 0 fully saturated rings. The van der Waals surface area contributed by atoms with Crippen LogP contribution in [0.15, 0.2) is 113 Å². The molecular formula is C25H21IN4O5S2. The lowest BCUT2D eigenvalue weighted by Crippen LogP contribution is -2.38. The van der Waals surface area contributed by atoms with Gasteiger partial charge in [-0.1, -0.05) is 18.2 Å². The number of hydrogen-bond donors (Lipinski definition) is 2. The molecule has 1 heterocycles. The Labute approximate surface area is 228 Å². The molecule has 0 saturated carbocycles. The minimum atomic E-state index is -4.03. The van der Waals surface area contributed by atoms with Gasteiger partial charge in [-0.05, 0) is 95.4 Å². The van der Waals surface area contributed by atoms with Crippen molar-refractivity contribution in [2.75, 3.05) is 20.9 Å². The molecule has 1 amide bonds. The highest BCUT2D eigenvalue weighted by molar-refractivity contribution is 14.1. The Hall–Kier alpha value is -3.49. The third-order valence-corrected chi connectivity index (χ3v) is 9.00. The summed E-state index contributed by atoms with van der Waals surface area (Å²) in [6.45, 7) is -0.486. The highest BCUT2D eigenvalue weighted by atomic mass is 127. The third-order valence-electron chi connectivity index (χ3n) is 5.10. The van der Waals surface area contributed by atoms with Crippen molar-refractivity contribution in [3.63, 3.8) is 0 Å². The normalized spacial score (nSPS) is 11.5. The second kappa shape index (κ2) is 11.3.